The van der Waals surface area contributed by atoms with Crippen molar-refractivity contribution in [2.75, 3.05) is 12.4 Å². The van der Waals surface area contributed by atoms with Crippen molar-refractivity contribution in [3.63, 3.8) is 0 Å². The normalized spacial score (nSPS) is 12.8. The Hall–Kier alpha value is -1.76. The summed E-state index contributed by atoms with van der Waals surface area (Å²) in [6.45, 7) is 1.92. The van der Waals surface area contributed by atoms with Gasteiger partial charge in [-0.2, -0.15) is 0 Å². The molecule has 4 N–H and O–H groups in total. The Bertz CT molecular complexity index is 506. The molecule has 1 aromatic carbocycles. The summed E-state index contributed by atoms with van der Waals surface area (Å²) in [5.41, 5.74) is 6.08. The van der Waals surface area contributed by atoms with Crippen LogP contribution in [0, 0.1) is 5.92 Å². The van der Waals surface area contributed by atoms with Crippen LogP contribution < -0.4 is 15.8 Å². The van der Waals surface area contributed by atoms with E-state index in [9.17, 15) is 4.79 Å². The zero-order chi connectivity index (χ0) is 15.1. The van der Waals surface area contributed by atoms with Gasteiger partial charge in [0, 0.05) is 4.47 Å². The van der Waals surface area contributed by atoms with Gasteiger partial charge in [0.1, 0.15) is 5.75 Å². The predicted octanol–water partition coefficient (Wildman–Crippen LogP) is 2.56. The Kier molecular flexibility index (Phi) is 6.30. The highest BCUT2D eigenvalue weighted by Gasteiger charge is 2.23. The number of anilines is 1. The molecule has 0 fully saturated rings. The number of amidine groups is 1. The molecule has 0 aliphatic carbocycles. The van der Waals surface area contributed by atoms with Gasteiger partial charge in [-0.3, -0.25) is 4.79 Å². The molecule has 0 radical (unpaired) electrons. The molecule has 0 aliphatic rings. The molecule has 0 saturated heterocycles. The highest BCUT2D eigenvalue weighted by atomic mass is 79.9. The first-order valence-electron chi connectivity index (χ1n) is 6.15. The zero-order valence-electron chi connectivity index (χ0n) is 11.4. The number of oxime groups is 1. The summed E-state index contributed by atoms with van der Waals surface area (Å²) in [6, 6.07) is 5.27. The Morgan fingerprint density at radius 1 is 1.60 bits per heavy atom. The van der Waals surface area contributed by atoms with Crippen LogP contribution >= 0.6 is 15.9 Å². The molecule has 0 aliphatic heterocycles. The van der Waals surface area contributed by atoms with Gasteiger partial charge < -0.3 is 21.0 Å². The lowest BCUT2D eigenvalue weighted by molar-refractivity contribution is -0.118. The van der Waals surface area contributed by atoms with Crippen LogP contribution in [0.15, 0.2) is 27.8 Å². The zero-order valence-corrected chi connectivity index (χ0v) is 13.0. The summed E-state index contributed by atoms with van der Waals surface area (Å²) in [4.78, 5) is 12.2. The molecule has 0 bridgehead atoms. The number of nitrogens with two attached hydrogens (primary N) is 1. The maximum Gasteiger partial charge on any atom is 0.235 e. The quantitative estimate of drug-likeness (QED) is 0.320. The van der Waals surface area contributed by atoms with E-state index < -0.39 is 5.92 Å². The summed E-state index contributed by atoms with van der Waals surface area (Å²) in [6.07, 6.45) is 1.24. The fourth-order valence-corrected chi connectivity index (χ4v) is 2.13. The molecular weight excluding hydrogens is 326 g/mol. The van der Waals surface area contributed by atoms with Crippen molar-refractivity contribution in [3.05, 3.63) is 22.7 Å². The first-order chi connectivity index (χ1) is 9.53. The lowest BCUT2D eigenvalue weighted by Crippen LogP contribution is -2.34. The largest absolute Gasteiger partial charge is 0.495 e. The molecule has 1 unspecified atom stereocenters. The Labute approximate surface area is 126 Å². The lowest BCUT2D eigenvalue weighted by atomic mass is 10.0. The average molecular weight is 344 g/mol. The van der Waals surface area contributed by atoms with Gasteiger partial charge in [0.05, 0.1) is 18.7 Å². The second kappa shape index (κ2) is 7.74. The van der Waals surface area contributed by atoms with Crippen LogP contribution in [0.2, 0.25) is 0 Å². The first kappa shape index (κ1) is 16.3. The SMILES string of the molecule is CCCC(C(=O)Nc1cc(Br)ccc1OC)C(N)=NO. The fourth-order valence-electron chi connectivity index (χ4n) is 1.77. The second-order valence-electron chi connectivity index (χ2n) is 4.20. The molecular formula is C13H18BrN3O3. The van der Waals surface area contributed by atoms with Gasteiger partial charge in [0.25, 0.3) is 0 Å². The Morgan fingerprint density at radius 3 is 2.85 bits per heavy atom. The minimum atomic E-state index is -0.673. The van der Waals surface area contributed by atoms with Crippen molar-refractivity contribution in [1.82, 2.24) is 0 Å². The molecule has 1 amide bonds. The van der Waals surface area contributed by atoms with Gasteiger partial charge in [-0.05, 0) is 24.6 Å². The molecule has 1 aromatic rings. The van der Waals surface area contributed by atoms with Crippen molar-refractivity contribution in [2.24, 2.45) is 16.8 Å². The summed E-state index contributed by atoms with van der Waals surface area (Å²) in [5, 5.41) is 14.4. The maximum absolute atomic E-state index is 12.2. The summed E-state index contributed by atoms with van der Waals surface area (Å²) in [7, 11) is 1.52. The van der Waals surface area contributed by atoms with E-state index in [0.717, 1.165) is 10.9 Å². The number of rotatable bonds is 6. The summed E-state index contributed by atoms with van der Waals surface area (Å²) in [5.74, 6) is -0.568. The minimum absolute atomic E-state index is 0.0988. The lowest BCUT2D eigenvalue weighted by Gasteiger charge is -2.16. The second-order valence-corrected chi connectivity index (χ2v) is 5.12. The monoisotopic (exact) mass is 343 g/mol. The van der Waals surface area contributed by atoms with Gasteiger partial charge in [-0.15, -0.1) is 0 Å². The fraction of sp³-hybridized carbons (Fsp3) is 0.385. The number of hydrogen-bond acceptors (Lipinski definition) is 4. The molecule has 0 spiro atoms. The number of nitrogens with zero attached hydrogens (tertiary/aromatic N) is 1. The maximum atomic E-state index is 12.2. The van der Waals surface area contributed by atoms with Crippen molar-refractivity contribution >= 4 is 33.4 Å². The first-order valence-corrected chi connectivity index (χ1v) is 6.94. The average Bonchev–Trinajstić information content (AvgIpc) is 2.44. The van der Waals surface area contributed by atoms with Crippen LogP contribution in [-0.2, 0) is 4.79 Å². The third-order valence-electron chi connectivity index (χ3n) is 2.79. The third-order valence-corrected chi connectivity index (χ3v) is 3.28. The van der Waals surface area contributed by atoms with E-state index in [-0.39, 0.29) is 11.7 Å². The van der Waals surface area contributed by atoms with Gasteiger partial charge in [0.2, 0.25) is 5.91 Å². The standard InChI is InChI=1S/C13H18BrN3O3/c1-3-4-9(12(15)17-19)13(18)16-10-7-8(14)5-6-11(10)20-2/h5-7,9,19H,3-4H2,1-2H3,(H2,15,17)(H,16,18). The van der Waals surface area contributed by atoms with Crippen molar-refractivity contribution in [3.8, 4) is 5.75 Å². The van der Waals surface area contributed by atoms with Gasteiger partial charge in [0.15, 0.2) is 5.84 Å². The third kappa shape index (κ3) is 4.12. The number of halogens is 1. The number of nitrogens with one attached hydrogen (secondary N) is 1. The molecule has 0 heterocycles. The molecule has 0 aromatic heterocycles. The van der Waals surface area contributed by atoms with Crippen LogP contribution in [-0.4, -0.2) is 24.1 Å². The van der Waals surface area contributed by atoms with Crippen molar-refractivity contribution < 1.29 is 14.7 Å². The number of amides is 1. The summed E-state index contributed by atoms with van der Waals surface area (Å²) >= 11 is 3.33. The Balaban J connectivity index is 2.96. The van der Waals surface area contributed by atoms with Crippen molar-refractivity contribution in [2.45, 2.75) is 19.8 Å². The van der Waals surface area contributed by atoms with Gasteiger partial charge >= 0.3 is 0 Å². The van der Waals surface area contributed by atoms with Gasteiger partial charge in [-0.25, -0.2) is 0 Å². The van der Waals surface area contributed by atoms with E-state index >= 15 is 0 Å². The predicted molar refractivity (Wildman–Crippen MR) is 81.1 cm³/mol. The number of ether oxygens (including phenoxy) is 1. The van der Waals surface area contributed by atoms with E-state index in [1.54, 1.807) is 12.1 Å². The van der Waals surface area contributed by atoms with E-state index in [1.165, 1.54) is 7.11 Å². The van der Waals surface area contributed by atoms with Crippen LogP contribution in [0.25, 0.3) is 0 Å². The van der Waals surface area contributed by atoms with E-state index in [1.807, 2.05) is 13.0 Å². The van der Waals surface area contributed by atoms with Crippen LogP contribution in [0.5, 0.6) is 5.75 Å². The molecule has 6 nitrogen and oxygen atoms in total. The number of methoxy groups -OCH3 is 1. The van der Waals surface area contributed by atoms with Crippen LogP contribution in [0.1, 0.15) is 19.8 Å². The highest BCUT2D eigenvalue weighted by molar-refractivity contribution is 9.10. The molecule has 20 heavy (non-hydrogen) atoms. The molecule has 110 valence electrons. The highest BCUT2D eigenvalue weighted by Crippen LogP contribution is 2.28. The minimum Gasteiger partial charge on any atom is -0.495 e. The van der Waals surface area contributed by atoms with E-state index in [0.29, 0.717) is 17.9 Å². The smallest absolute Gasteiger partial charge is 0.235 e. The molecule has 0 saturated carbocycles. The van der Waals surface area contributed by atoms with Crippen LogP contribution in [0.3, 0.4) is 0 Å². The number of carbonyl (C=O) groups excluding carboxylic acids is 1. The Morgan fingerprint density at radius 2 is 2.30 bits per heavy atom. The molecule has 1 atom stereocenters. The van der Waals surface area contributed by atoms with Crippen molar-refractivity contribution in [1.29, 1.82) is 0 Å². The molecule has 1 rings (SSSR count). The summed E-state index contributed by atoms with van der Waals surface area (Å²) < 4.78 is 5.99. The number of carbonyl (C=O) groups is 1. The van der Waals surface area contributed by atoms with Crippen LogP contribution in [0.4, 0.5) is 5.69 Å². The van der Waals surface area contributed by atoms with E-state index in [2.05, 4.69) is 26.4 Å². The van der Waals surface area contributed by atoms with Gasteiger partial charge in [-0.1, -0.05) is 34.4 Å². The molecule has 7 heteroatoms. The van der Waals surface area contributed by atoms with E-state index in [4.69, 9.17) is 15.7 Å². The topological polar surface area (TPSA) is 96.9 Å². The number of benzene rings is 1. The number of hydrogen-bond donors (Lipinski definition) is 3.